The molecule has 0 heterocycles. The fourth-order valence-corrected chi connectivity index (χ4v) is 2.05. The Labute approximate surface area is 112 Å². The van der Waals surface area contributed by atoms with Crippen molar-refractivity contribution in [2.24, 2.45) is 0 Å². The first-order valence-electron chi connectivity index (χ1n) is 4.43. The molecule has 0 saturated carbocycles. The molecule has 0 saturated heterocycles. The molecule has 1 aromatic carbocycles. The van der Waals surface area contributed by atoms with E-state index >= 15 is 0 Å². The van der Waals surface area contributed by atoms with E-state index in [9.17, 15) is 9.90 Å². The first-order valence-corrected chi connectivity index (χ1v) is 6.33. The van der Waals surface area contributed by atoms with Gasteiger partial charge in [0, 0.05) is 9.99 Å². The highest BCUT2D eigenvalue weighted by Crippen LogP contribution is 2.25. The smallest absolute Gasteiger partial charge is 0.338 e. The number of hydrogen-bond acceptors (Lipinski definition) is 3. The van der Waals surface area contributed by atoms with Gasteiger partial charge in [0.1, 0.15) is 5.76 Å². The maximum Gasteiger partial charge on any atom is 0.338 e. The van der Waals surface area contributed by atoms with Gasteiger partial charge in [0.2, 0.25) is 0 Å². The Bertz CT molecular complexity index is 429. The number of aliphatic hydroxyl groups excluding tert-OH is 1. The van der Waals surface area contributed by atoms with Crippen molar-refractivity contribution >= 4 is 45.9 Å². The molecular formula is C11H10ClIO3. The van der Waals surface area contributed by atoms with Gasteiger partial charge in [-0.3, -0.25) is 0 Å². The Hall–Kier alpha value is -0.750. The second-order valence-electron chi connectivity index (χ2n) is 2.93. The summed E-state index contributed by atoms with van der Waals surface area (Å²) in [6.07, 6.45) is 0. The number of rotatable bonds is 3. The van der Waals surface area contributed by atoms with E-state index in [-0.39, 0.29) is 11.3 Å². The lowest BCUT2D eigenvalue weighted by Crippen LogP contribution is -2.09. The highest BCUT2D eigenvalue weighted by molar-refractivity contribution is 14.1. The highest BCUT2D eigenvalue weighted by Gasteiger charge is 2.17. The summed E-state index contributed by atoms with van der Waals surface area (Å²) in [4.78, 5) is 11.4. The van der Waals surface area contributed by atoms with Gasteiger partial charge in [-0.2, -0.15) is 0 Å². The third kappa shape index (κ3) is 2.89. The van der Waals surface area contributed by atoms with Crippen LogP contribution >= 0.6 is 34.2 Å². The van der Waals surface area contributed by atoms with Crippen LogP contribution in [0.5, 0.6) is 0 Å². The molecule has 1 aromatic rings. The Balaban J connectivity index is 3.25. The highest BCUT2D eigenvalue weighted by atomic mass is 127. The zero-order chi connectivity index (χ0) is 12.1. The summed E-state index contributed by atoms with van der Waals surface area (Å²) < 4.78 is 4.93. The molecule has 5 heteroatoms. The molecule has 0 aliphatic heterocycles. The lowest BCUT2D eigenvalue weighted by atomic mass is 10.1. The maximum atomic E-state index is 11.4. The van der Waals surface area contributed by atoms with E-state index in [1.165, 1.54) is 7.11 Å². The molecule has 0 unspecified atom stereocenters. The van der Waals surface area contributed by atoms with Crippen LogP contribution in [0.3, 0.4) is 0 Å². The zero-order valence-electron chi connectivity index (χ0n) is 8.54. The molecule has 0 spiro atoms. The van der Waals surface area contributed by atoms with E-state index in [0.717, 1.165) is 0 Å². The fourth-order valence-electron chi connectivity index (χ4n) is 1.15. The van der Waals surface area contributed by atoms with Gasteiger partial charge in [-0.05, 0) is 12.1 Å². The minimum Gasteiger partial charge on any atom is -0.507 e. The van der Waals surface area contributed by atoms with Gasteiger partial charge >= 0.3 is 5.97 Å². The molecule has 0 aliphatic carbocycles. The van der Waals surface area contributed by atoms with Gasteiger partial charge in [0.25, 0.3) is 0 Å². The Morgan fingerprint density at radius 3 is 2.62 bits per heavy atom. The summed E-state index contributed by atoms with van der Waals surface area (Å²) >= 11 is 7.90. The predicted molar refractivity (Wildman–Crippen MR) is 71.9 cm³/mol. The standard InChI is InChI=1S/C11H10ClIO3/c1-16-11(15)8(6-13)10(14)7-4-2-3-5-9(7)12/h2-5,14H,6H2,1H3/b10-8+. The molecule has 1 N–H and O–H groups in total. The number of alkyl halides is 1. The van der Waals surface area contributed by atoms with Crippen LogP contribution in [-0.2, 0) is 9.53 Å². The van der Waals surface area contributed by atoms with Crippen molar-refractivity contribution in [1.82, 2.24) is 0 Å². The molecule has 0 fully saturated rings. The van der Waals surface area contributed by atoms with Crippen LogP contribution in [0.1, 0.15) is 5.56 Å². The molecule has 0 aromatic heterocycles. The number of carbonyl (C=O) groups is 1. The molecule has 1 rings (SSSR count). The number of halogens is 2. The molecule has 0 bridgehead atoms. The first-order chi connectivity index (χ1) is 7.61. The van der Waals surface area contributed by atoms with E-state index in [1.807, 2.05) is 22.6 Å². The molecule has 0 atom stereocenters. The quantitative estimate of drug-likeness (QED) is 0.299. The molecule has 86 valence electrons. The fraction of sp³-hybridized carbons (Fsp3) is 0.182. The topological polar surface area (TPSA) is 46.5 Å². The van der Waals surface area contributed by atoms with Crippen LogP contribution < -0.4 is 0 Å². The predicted octanol–water partition coefficient (Wildman–Crippen LogP) is 3.22. The average molecular weight is 353 g/mol. The summed E-state index contributed by atoms with van der Waals surface area (Å²) in [6, 6.07) is 6.78. The van der Waals surface area contributed by atoms with Crippen molar-refractivity contribution in [2.45, 2.75) is 0 Å². The number of esters is 1. The third-order valence-electron chi connectivity index (χ3n) is 1.98. The minimum absolute atomic E-state index is 0.133. The summed E-state index contributed by atoms with van der Waals surface area (Å²) in [7, 11) is 1.27. The molecule has 16 heavy (non-hydrogen) atoms. The second-order valence-corrected chi connectivity index (χ2v) is 4.10. The summed E-state index contributed by atoms with van der Waals surface area (Å²) in [5.74, 6) is -0.682. The number of carbonyl (C=O) groups excluding carboxylic acids is 1. The van der Waals surface area contributed by atoms with Crippen LogP contribution in [0.15, 0.2) is 29.8 Å². The number of hydrogen-bond donors (Lipinski definition) is 1. The van der Waals surface area contributed by atoms with Crippen molar-refractivity contribution in [3.05, 3.63) is 40.4 Å². The summed E-state index contributed by atoms with van der Waals surface area (Å²) in [5, 5.41) is 10.3. The van der Waals surface area contributed by atoms with Crippen molar-refractivity contribution in [2.75, 3.05) is 11.5 Å². The zero-order valence-corrected chi connectivity index (χ0v) is 11.4. The van der Waals surface area contributed by atoms with Crippen molar-refractivity contribution in [1.29, 1.82) is 0 Å². The van der Waals surface area contributed by atoms with Gasteiger partial charge in [-0.25, -0.2) is 4.79 Å². The molecule has 0 radical (unpaired) electrons. The first kappa shape index (κ1) is 13.3. The SMILES string of the molecule is COC(=O)/C(CI)=C(/O)c1ccccc1Cl. The lowest BCUT2D eigenvalue weighted by molar-refractivity contribution is -0.135. The second kappa shape index (κ2) is 6.10. The monoisotopic (exact) mass is 352 g/mol. The van der Waals surface area contributed by atoms with Crippen LogP contribution in [-0.4, -0.2) is 22.6 Å². The van der Waals surface area contributed by atoms with Gasteiger partial charge in [0.15, 0.2) is 0 Å². The van der Waals surface area contributed by atoms with Crippen molar-refractivity contribution in [3.63, 3.8) is 0 Å². The van der Waals surface area contributed by atoms with Crippen LogP contribution in [0, 0.1) is 0 Å². The lowest BCUT2D eigenvalue weighted by Gasteiger charge is -2.07. The average Bonchev–Trinajstić information content (AvgIpc) is 2.30. The van der Waals surface area contributed by atoms with E-state index in [2.05, 4.69) is 4.74 Å². The van der Waals surface area contributed by atoms with Crippen LogP contribution in [0.4, 0.5) is 0 Å². The van der Waals surface area contributed by atoms with Crippen molar-refractivity contribution in [3.8, 4) is 0 Å². The number of ether oxygens (including phenoxy) is 1. The van der Waals surface area contributed by atoms with E-state index in [0.29, 0.717) is 15.0 Å². The Kier molecular flexibility index (Phi) is 5.08. The normalized spacial score (nSPS) is 11.9. The Morgan fingerprint density at radius 1 is 1.50 bits per heavy atom. The Morgan fingerprint density at radius 2 is 2.12 bits per heavy atom. The van der Waals surface area contributed by atoms with Gasteiger partial charge < -0.3 is 9.84 Å². The van der Waals surface area contributed by atoms with Crippen molar-refractivity contribution < 1.29 is 14.6 Å². The number of benzene rings is 1. The van der Waals surface area contributed by atoms with Crippen LogP contribution in [0.25, 0.3) is 5.76 Å². The molecule has 0 amide bonds. The minimum atomic E-state index is -0.549. The van der Waals surface area contributed by atoms with Gasteiger partial charge in [-0.15, -0.1) is 0 Å². The van der Waals surface area contributed by atoms with Crippen LogP contribution in [0.2, 0.25) is 5.02 Å². The molecule has 3 nitrogen and oxygen atoms in total. The van der Waals surface area contributed by atoms with Gasteiger partial charge in [0.05, 0.1) is 17.7 Å². The largest absolute Gasteiger partial charge is 0.507 e. The van der Waals surface area contributed by atoms with E-state index in [4.69, 9.17) is 11.6 Å². The van der Waals surface area contributed by atoms with E-state index < -0.39 is 5.97 Å². The summed E-state index contributed by atoms with van der Waals surface area (Å²) in [6.45, 7) is 0. The van der Waals surface area contributed by atoms with E-state index in [1.54, 1.807) is 24.3 Å². The van der Waals surface area contributed by atoms with Gasteiger partial charge in [-0.1, -0.05) is 46.3 Å². The molecule has 0 aliphatic rings. The summed E-state index contributed by atoms with van der Waals surface area (Å²) in [5.41, 5.74) is 0.637. The number of methoxy groups -OCH3 is 1. The third-order valence-corrected chi connectivity index (χ3v) is 3.07. The molecular weight excluding hydrogens is 342 g/mol. The number of aliphatic hydroxyl groups is 1. The maximum absolute atomic E-state index is 11.4.